The molecule has 0 unspecified atom stereocenters. The normalized spacial score (nSPS) is 10.8. The van der Waals surface area contributed by atoms with E-state index in [9.17, 15) is 0 Å². The van der Waals surface area contributed by atoms with E-state index in [2.05, 4.69) is 25.6 Å². The van der Waals surface area contributed by atoms with Gasteiger partial charge in [0.15, 0.2) is 5.96 Å². The van der Waals surface area contributed by atoms with Crippen molar-refractivity contribution in [3.63, 3.8) is 0 Å². The van der Waals surface area contributed by atoms with Gasteiger partial charge in [-0.05, 0) is 36.6 Å². The Balaban J connectivity index is 0.00000312. The van der Waals surface area contributed by atoms with Crippen LogP contribution in [0.4, 0.5) is 0 Å². The van der Waals surface area contributed by atoms with Gasteiger partial charge in [0, 0.05) is 38.6 Å². The van der Waals surface area contributed by atoms with Gasteiger partial charge in [-0.25, -0.2) is 9.97 Å². The third-order valence-corrected chi connectivity index (χ3v) is 3.49. The summed E-state index contributed by atoms with van der Waals surface area (Å²) in [6, 6.07) is 7.63. The van der Waals surface area contributed by atoms with E-state index in [-0.39, 0.29) is 24.0 Å². The molecule has 0 spiro atoms. The molecule has 0 aromatic carbocycles. The SMILES string of the molecule is CCOc1cc(CNC(=NC)NCCc2ccc(Cl)nc2)ccn1.I. The summed E-state index contributed by atoms with van der Waals surface area (Å²) in [7, 11) is 1.75. The summed E-state index contributed by atoms with van der Waals surface area (Å²) in [6.45, 7) is 3.94. The molecule has 0 saturated heterocycles. The molecule has 0 amide bonds. The third kappa shape index (κ3) is 7.87. The van der Waals surface area contributed by atoms with E-state index in [1.54, 1.807) is 25.5 Å². The molecule has 136 valence electrons. The quantitative estimate of drug-likeness (QED) is 0.279. The van der Waals surface area contributed by atoms with Gasteiger partial charge in [-0.1, -0.05) is 17.7 Å². The maximum absolute atomic E-state index is 5.78. The molecule has 0 aliphatic heterocycles. The molecule has 25 heavy (non-hydrogen) atoms. The fourth-order valence-corrected chi connectivity index (χ4v) is 2.18. The summed E-state index contributed by atoms with van der Waals surface area (Å²) >= 11 is 5.78. The van der Waals surface area contributed by atoms with Gasteiger partial charge >= 0.3 is 0 Å². The summed E-state index contributed by atoms with van der Waals surface area (Å²) in [5.74, 6) is 1.38. The minimum absolute atomic E-state index is 0. The molecule has 2 aromatic heterocycles. The number of pyridine rings is 2. The number of halogens is 2. The lowest BCUT2D eigenvalue weighted by atomic mass is 10.2. The Morgan fingerprint density at radius 3 is 2.72 bits per heavy atom. The van der Waals surface area contributed by atoms with Gasteiger partial charge in [-0.15, -0.1) is 24.0 Å². The van der Waals surface area contributed by atoms with Crippen LogP contribution in [0.5, 0.6) is 5.88 Å². The lowest BCUT2D eigenvalue weighted by Crippen LogP contribution is -2.37. The number of hydrogen-bond acceptors (Lipinski definition) is 4. The maximum Gasteiger partial charge on any atom is 0.213 e. The molecule has 0 saturated carbocycles. The van der Waals surface area contributed by atoms with Crippen LogP contribution in [0, 0.1) is 0 Å². The van der Waals surface area contributed by atoms with E-state index in [1.807, 2.05) is 25.1 Å². The number of nitrogens with one attached hydrogen (secondary N) is 2. The highest BCUT2D eigenvalue weighted by Crippen LogP contribution is 2.09. The first-order valence-electron chi connectivity index (χ1n) is 7.84. The van der Waals surface area contributed by atoms with Gasteiger partial charge in [-0.2, -0.15) is 0 Å². The second-order valence-corrected chi connectivity index (χ2v) is 5.41. The van der Waals surface area contributed by atoms with Crippen molar-refractivity contribution in [3.05, 3.63) is 52.9 Å². The van der Waals surface area contributed by atoms with Crippen molar-refractivity contribution >= 4 is 41.5 Å². The average Bonchev–Trinajstić information content (AvgIpc) is 2.60. The molecule has 0 aliphatic carbocycles. The van der Waals surface area contributed by atoms with Gasteiger partial charge in [0.1, 0.15) is 5.15 Å². The zero-order chi connectivity index (χ0) is 17.2. The Kier molecular flexibility index (Phi) is 10.2. The molecule has 2 aromatic rings. The van der Waals surface area contributed by atoms with E-state index in [1.165, 1.54) is 0 Å². The number of guanidine groups is 1. The molecule has 0 atom stereocenters. The Bertz CT molecular complexity index is 666. The second kappa shape index (κ2) is 11.9. The zero-order valence-electron chi connectivity index (χ0n) is 14.3. The van der Waals surface area contributed by atoms with Crippen LogP contribution in [0.15, 0.2) is 41.7 Å². The molecule has 0 aliphatic rings. The van der Waals surface area contributed by atoms with E-state index in [4.69, 9.17) is 16.3 Å². The molecule has 2 N–H and O–H groups in total. The van der Waals surface area contributed by atoms with Crippen molar-refractivity contribution < 1.29 is 4.74 Å². The van der Waals surface area contributed by atoms with Gasteiger partial charge in [0.2, 0.25) is 5.88 Å². The minimum atomic E-state index is 0. The summed E-state index contributed by atoms with van der Waals surface area (Å²) in [4.78, 5) is 12.4. The standard InChI is InChI=1S/C17H22ClN5O.HI/c1-3-24-16-10-14(7-8-20-16)12-23-17(19-2)21-9-6-13-4-5-15(18)22-11-13;/h4-5,7-8,10-11H,3,6,9,12H2,1-2H3,(H2,19,21,23);1H. The van der Waals surface area contributed by atoms with Crippen molar-refractivity contribution in [2.24, 2.45) is 4.99 Å². The van der Waals surface area contributed by atoms with Crippen LogP contribution in [0.2, 0.25) is 5.15 Å². The lowest BCUT2D eigenvalue weighted by molar-refractivity contribution is 0.326. The zero-order valence-corrected chi connectivity index (χ0v) is 17.4. The summed E-state index contributed by atoms with van der Waals surface area (Å²) in [6.07, 6.45) is 4.37. The molecule has 0 radical (unpaired) electrons. The Morgan fingerprint density at radius 2 is 2.04 bits per heavy atom. The Morgan fingerprint density at radius 1 is 1.20 bits per heavy atom. The first-order chi connectivity index (χ1) is 11.7. The van der Waals surface area contributed by atoms with Gasteiger partial charge in [0.25, 0.3) is 0 Å². The lowest BCUT2D eigenvalue weighted by Gasteiger charge is -2.12. The Hall–Kier alpha value is -1.61. The van der Waals surface area contributed by atoms with E-state index < -0.39 is 0 Å². The van der Waals surface area contributed by atoms with Crippen molar-refractivity contribution in [1.29, 1.82) is 0 Å². The average molecular weight is 476 g/mol. The fourth-order valence-electron chi connectivity index (χ4n) is 2.07. The van der Waals surface area contributed by atoms with Crippen molar-refractivity contribution in [3.8, 4) is 5.88 Å². The molecule has 8 heteroatoms. The van der Waals surface area contributed by atoms with Crippen LogP contribution in [0.1, 0.15) is 18.1 Å². The number of nitrogens with zero attached hydrogens (tertiary/aromatic N) is 3. The number of rotatable bonds is 7. The first-order valence-corrected chi connectivity index (χ1v) is 8.21. The van der Waals surface area contributed by atoms with Gasteiger partial charge in [-0.3, -0.25) is 4.99 Å². The highest BCUT2D eigenvalue weighted by atomic mass is 127. The molecular weight excluding hydrogens is 453 g/mol. The van der Waals surface area contributed by atoms with Gasteiger partial charge < -0.3 is 15.4 Å². The summed E-state index contributed by atoms with van der Waals surface area (Å²) in [5, 5.41) is 7.05. The number of hydrogen-bond donors (Lipinski definition) is 2. The van der Waals surface area contributed by atoms with Crippen LogP contribution in [0.25, 0.3) is 0 Å². The first kappa shape index (κ1) is 21.4. The summed E-state index contributed by atoms with van der Waals surface area (Å²) in [5.41, 5.74) is 2.20. The molecular formula is C17H23ClIN5O. The molecule has 2 heterocycles. The fraction of sp³-hybridized carbons (Fsp3) is 0.353. The Labute approximate surface area is 170 Å². The molecule has 0 fully saturated rings. The third-order valence-electron chi connectivity index (χ3n) is 3.27. The van der Waals surface area contributed by atoms with E-state index in [0.717, 1.165) is 30.1 Å². The smallest absolute Gasteiger partial charge is 0.213 e. The van der Waals surface area contributed by atoms with Crippen molar-refractivity contribution in [2.45, 2.75) is 19.9 Å². The predicted molar refractivity (Wildman–Crippen MR) is 112 cm³/mol. The van der Waals surface area contributed by atoms with Crippen LogP contribution in [0.3, 0.4) is 0 Å². The number of aromatic nitrogens is 2. The van der Waals surface area contributed by atoms with Crippen LogP contribution < -0.4 is 15.4 Å². The van der Waals surface area contributed by atoms with Crippen LogP contribution in [-0.2, 0) is 13.0 Å². The monoisotopic (exact) mass is 475 g/mol. The van der Waals surface area contributed by atoms with Crippen LogP contribution in [-0.4, -0.2) is 36.1 Å². The summed E-state index contributed by atoms with van der Waals surface area (Å²) < 4.78 is 5.40. The highest BCUT2D eigenvalue weighted by molar-refractivity contribution is 14.0. The maximum atomic E-state index is 5.78. The largest absolute Gasteiger partial charge is 0.478 e. The molecule has 2 rings (SSSR count). The van der Waals surface area contributed by atoms with Crippen molar-refractivity contribution in [2.75, 3.05) is 20.2 Å². The minimum Gasteiger partial charge on any atom is -0.478 e. The predicted octanol–water partition coefficient (Wildman–Crippen LogP) is 3.05. The van der Waals surface area contributed by atoms with Gasteiger partial charge in [0.05, 0.1) is 6.61 Å². The van der Waals surface area contributed by atoms with Crippen LogP contribution >= 0.6 is 35.6 Å². The van der Waals surface area contributed by atoms with E-state index in [0.29, 0.717) is 24.2 Å². The molecule has 6 nitrogen and oxygen atoms in total. The highest BCUT2D eigenvalue weighted by Gasteiger charge is 2.01. The number of aliphatic imine (C=N–C) groups is 1. The van der Waals surface area contributed by atoms with E-state index >= 15 is 0 Å². The molecule has 0 bridgehead atoms. The van der Waals surface area contributed by atoms with Crippen molar-refractivity contribution in [1.82, 2.24) is 20.6 Å². The topological polar surface area (TPSA) is 71.4 Å². The number of ether oxygens (including phenoxy) is 1. The second-order valence-electron chi connectivity index (χ2n) is 5.03.